The van der Waals surface area contributed by atoms with Crippen LogP contribution < -0.4 is 10.0 Å². The number of carboxylic acid groups (broad SMARTS) is 1. The fourth-order valence-electron chi connectivity index (χ4n) is 3.10. The van der Waals surface area contributed by atoms with Crippen molar-refractivity contribution in [3.8, 4) is 5.75 Å². The number of nitrogens with zero attached hydrogens (tertiary/aromatic N) is 1. The minimum absolute atomic E-state index is 0.0102. The Morgan fingerprint density at radius 1 is 1.42 bits per heavy atom. The van der Waals surface area contributed by atoms with Gasteiger partial charge >= 0.3 is 13.8 Å². The topological polar surface area (TPSA) is 79.2 Å². The van der Waals surface area contributed by atoms with E-state index in [1.807, 2.05) is 0 Å². The number of hydrogen-bond acceptors (Lipinski definition) is 5. The van der Waals surface area contributed by atoms with Gasteiger partial charge in [-0.3, -0.25) is 4.79 Å². The summed E-state index contributed by atoms with van der Waals surface area (Å²) < 4.78 is 12.7. The predicted molar refractivity (Wildman–Crippen MR) is 94.5 cm³/mol. The number of hydrogen-bond donors (Lipinski definition) is 2. The number of carboxylic acids is 1. The molecule has 1 saturated heterocycles. The van der Waals surface area contributed by atoms with E-state index in [2.05, 4.69) is 13.8 Å². The van der Waals surface area contributed by atoms with Gasteiger partial charge < -0.3 is 9.84 Å². The van der Waals surface area contributed by atoms with E-state index in [1.54, 1.807) is 36.0 Å². The van der Waals surface area contributed by atoms with Crippen LogP contribution in [0, 0.1) is 5.92 Å². The summed E-state index contributed by atoms with van der Waals surface area (Å²) in [6.07, 6.45) is 2.46. The molecule has 0 saturated carbocycles. The third-order valence-electron chi connectivity index (χ3n) is 4.17. The third kappa shape index (κ3) is 4.45. The average Bonchev–Trinajstić information content (AvgIpc) is 2.68. The summed E-state index contributed by atoms with van der Waals surface area (Å²) in [5.41, 5.74) is 0. The molecule has 24 heavy (non-hydrogen) atoms. The molecule has 134 valence electrons. The molecule has 2 unspecified atom stereocenters. The lowest BCUT2D eigenvalue weighted by atomic mass is 10.00. The van der Waals surface area contributed by atoms with Crippen LogP contribution in [-0.2, 0) is 9.32 Å². The van der Waals surface area contributed by atoms with Gasteiger partial charge in [0.2, 0.25) is 0 Å². The molecule has 1 aliphatic rings. The minimum Gasteiger partial charge on any atom is -0.497 e. The zero-order valence-corrected chi connectivity index (χ0v) is 15.4. The van der Waals surface area contributed by atoms with Crippen LogP contribution in [0.3, 0.4) is 0 Å². The van der Waals surface area contributed by atoms with Crippen LogP contribution in [0.4, 0.5) is 0 Å². The van der Waals surface area contributed by atoms with Crippen LogP contribution in [0.1, 0.15) is 33.1 Å². The molecule has 6 nitrogen and oxygen atoms in total. The van der Waals surface area contributed by atoms with Crippen molar-refractivity contribution in [2.45, 2.75) is 39.2 Å². The highest BCUT2D eigenvalue weighted by molar-refractivity contribution is 7.71. The largest absolute Gasteiger partial charge is 0.497 e. The fraction of sp³-hybridized carbons (Fsp3) is 0.588. The van der Waals surface area contributed by atoms with Crippen molar-refractivity contribution in [1.82, 2.24) is 4.67 Å². The lowest BCUT2D eigenvalue weighted by Crippen LogP contribution is -2.42. The number of benzene rings is 1. The maximum absolute atomic E-state index is 11.4. The second-order valence-corrected chi connectivity index (χ2v) is 8.87. The van der Waals surface area contributed by atoms with Gasteiger partial charge in [0.1, 0.15) is 12.3 Å². The van der Waals surface area contributed by atoms with Gasteiger partial charge in [0.25, 0.3) is 0 Å². The zero-order chi connectivity index (χ0) is 17.7. The first kappa shape index (κ1) is 19.1. The summed E-state index contributed by atoms with van der Waals surface area (Å²) in [5.74, 6) is 0.138. The van der Waals surface area contributed by atoms with Crippen LogP contribution in [0.25, 0.3) is 0 Å². The molecule has 0 spiro atoms. The van der Waals surface area contributed by atoms with Gasteiger partial charge in [-0.1, -0.05) is 13.8 Å². The molecular weight excluding hydrogens is 329 g/mol. The van der Waals surface area contributed by atoms with Gasteiger partial charge in [0.15, 0.2) is 5.30 Å². The molecule has 2 atom stereocenters. The summed E-state index contributed by atoms with van der Waals surface area (Å²) in [6, 6.07) is 7.04. The Morgan fingerprint density at radius 2 is 2.08 bits per heavy atom. The van der Waals surface area contributed by atoms with E-state index in [4.69, 9.17) is 9.26 Å². The highest BCUT2D eigenvalue weighted by Gasteiger charge is 2.54. The van der Waals surface area contributed by atoms with E-state index in [0.29, 0.717) is 23.6 Å². The predicted octanol–water partition coefficient (Wildman–Crippen LogP) is 2.69. The lowest BCUT2D eigenvalue weighted by Gasteiger charge is -2.32. The third-order valence-corrected chi connectivity index (χ3v) is 6.85. The summed E-state index contributed by atoms with van der Waals surface area (Å²) >= 11 is 0. The molecule has 1 fully saturated rings. The van der Waals surface area contributed by atoms with Crippen molar-refractivity contribution in [2.24, 2.45) is 5.92 Å². The van der Waals surface area contributed by atoms with Crippen LogP contribution in [-0.4, -0.2) is 46.9 Å². The summed E-state index contributed by atoms with van der Waals surface area (Å²) in [6.45, 7) is 4.42. The van der Waals surface area contributed by atoms with Crippen LogP contribution in [0.2, 0.25) is 0 Å². The van der Waals surface area contributed by atoms with Crippen molar-refractivity contribution < 1.29 is 24.1 Å². The molecule has 0 aromatic heterocycles. The molecule has 0 amide bonds. The second kappa shape index (κ2) is 8.26. The first-order valence-corrected chi connectivity index (χ1v) is 9.88. The highest BCUT2D eigenvalue weighted by Crippen LogP contribution is 2.61. The zero-order valence-electron chi connectivity index (χ0n) is 14.5. The van der Waals surface area contributed by atoms with Crippen molar-refractivity contribution in [2.75, 3.05) is 20.3 Å². The summed E-state index contributed by atoms with van der Waals surface area (Å²) in [7, 11) is -1.59. The van der Waals surface area contributed by atoms with E-state index in [0.717, 1.165) is 19.3 Å². The molecule has 0 bridgehead atoms. The summed E-state index contributed by atoms with van der Waals surface area (Å²) in [5, 5.41) is 9.99. The van der Waals surface area contributed by atoms with Crippen molar-refractivity contribution >= 4 is 19.1 Å². The standard InChI is InChI=1S/C17H26NO5P/c1-13(2)11-14-5-4-10-23-24(21,18(14)12-17(19)20)16-8-6-15(22-3)7-9-16/h6-9,13-14,21H,4-5,10-12H2,1-3H3/p+1. The number of ether oxygens (including phenoxy) is 1. The van der Waals surface area contributed by atoms with Crippen molar-refractivity contribution in [1.29, 1.82) is 0 Å². The Hall–Kier alpha value is -1.20. The highest BCUT2D eigenvalue weighted by atomic mass is 31.2. The molecule has 0 aliphatic carbocycles. The van der Waals surface area contributed by atoms with Gasteiger partial charge in [-0.15, -0.1) is 4.67 Å². The molecule has 1 heterocycles. The summed E-state index contributed by atoms with van der Waals surface area (Å²) in [4.78, 5) is 22.8. The maximum atomic E-state index is 11.4. The van der Waals surface area contributed by atoms with E-state index in [-0.39, 0.29) is 12.6 Å². The Labute approximate surface area is 143 Å². The van der Waals surface area contributed by atoms with Crippen LogP contribution >= 0.6 is 7.87 Å². The normalized spacial score (nSPS) is 25.5. The maximum Gasteiger partial charge on any atom is 0.382 e. The van der Waals surface area contributed by atoms with E-state index in [1.165, 1.54) is 0 Å². The van der Waals surface area contributed by atoms with Gasteiger partial charge in [-0.25, -0.2) is 0 Å². The second-order valence-electron chi connectivity index (χ2n) is 6.49. The average molecular weight is 356 g/mol. The van der Waals surface area contributed by atoms with Crippen molar-refractivity contribution in [3.63, 3.8) is 0 Å². The fourth-order valence-corrected chi connectivity index (χ4v) is 5.58. The molecule has 2 N–H and O–H groups in total. The van der Waals surface area contributed by atoms with E-state index >= 15 is 0 Å². The number of carbonyl (C=O) groups is 1. The Kier molecular flexibility index (Phi) is 6.58. The Balaban J connectivity index is 2.40. The monoisotopic (exact) mass is 356 g/mol. The number of aliphatic carboxylic acids is 1. The SMILES string of the molecule is COc1ccc([P+]2(O)OCCCC(CC(C)C)N2CC(=O)O)cc1. The number of methoxy groups -OCH3 is 1. The van der Waals surface area contributed by atoms with Gasteiger partial charge in [0.05, 0.1) is 19.8 Å². The Bertz CT molecular complexity index is 550. The van der Waals surface area contributed by atoms with Gasteiger partial charge in [0, 0.05) is 0 Å². The molecular formula is C17H27NO5P+. The molecule has 0 radical (unpaired) electrons. The quantitative estimate of drug-likeness (QED) is 0.763. The number of rotatable bonds is 6. The van der Waals surface area contributed by atoms with E-state index < -0.39 is 13.8 Å². The first-order valence-electron chi connectivity index (χ1n) is 8.26. The lowest BCUT2D eigenvalue weighted by molar-refractivity contribution is -0.137. The first-order chi connectivity index (χ1) is 11.4. The molecule has 1 aromatic carbocycles. The van der Waals surface area contributed by atoms with Crippen LogP contribution in [0.5, 0.6) is 5.75 Å². The minimum atomic E-state index is -3.17. The molecule has 7 heteroatoms. The molecule has 1 aromatic rings. The van der Waals surface area contributed by atoms with Gasteiger partial charge in [-0.05, 0) is 49.4 Å². The Morgan fingerprint density at radius 3 is 2.62 bits per heavy atom. The smallest absolute Gasteiger partial charge is 0.382 e. The van der Waals surface area contributed by atoms with Gasteiger partial charge in [-0.2, -0.15) is 9.42 Å². The van der Waals surface area contributed by atoms with Crippen LogP contribution in [0.15, 0.2) is 24.3 Å². The molecule has 2 rings (SSSR count). The van der Waals surface area contributed by atoms with Crippen molar-refractivity contribution in [3.05, 3.63) is 24.3 Å². The molecule has 1 aliphatic heterocycles. The van der Waals surface area contributed by atoms with E-state index in [9.17, 15) is 14.8 Å².